The molecular weight excluding hydrogens is 201 g/mol. The van der Waals surface area contributed by atoms with E-state index in [4.69, 9.17) is 0 Å². The average molecular weight is 211 g/mol. The molecule has 74 valence electrons. The first-order chi connectivity index (χ1) is 6.70. The van der Waals surface area contributed by atoms with Crippen molar-refractivity contribution in [2.75, 3.05) is 5.75 Å². The summed E-state index contributed by atoms with van der Waals surface area (Å²) in [6, 6.07) is 3.30. The van der Waals surface area contributed by atoms with Crippen LogP contribution in [0.15, 0.2) is 24.4 Å². The van der Waals surface area contributed by atoms with Crippen LogP contribution in [0.5, 0.6) is 0 Å². The number of aromatic nitrogens is 1. The second-order valence-corrected chi connectivity index (χ2v) is 3.79. The molecule has 14 heavy (non-hydrogen) atoms. The summed E-state index contributed by atoms with van der Waals surface area (Å²) >= 11 is 1.19. The number of carbonyl (C=O) groups is 1. The van der Waals surface area contributed by atoms with Gasteiger partial charge in [0.05, 0.1) is 0 Å². The third-order valence-electron chi connectivity index (χ3n) is 1.47. The van der Waals surface area contributed by atoms with Crippen LogP contribution in [-0.2, 0) is 4.79 Å². The van der Waals surface area contributed by atoms with E-state index >= 15 is 0 Å². The summed E-state index contributed by atoms with van der Waals surface area (Å²) < 4.78 is 12.9. The van der Waals surface area contributed by atoms with Crippen molar-refractivity contribution in [1.29, 1.82) is 0 Å². The Hall–Kier alpha value is -1.16. The summed E-state index contributed by atoms with van der Waals surface area (Å²) in [6.07, 6.45) is 4.77. The highest BCUT2D eigenvalue weighted by Crippen LogP contribution is 2.07. The van der Waals surface area contributed by atoms with Crippen LogP contribution in [0.4, 0.5) is 4.39 Å². The van der Waals surface area contributed by atoms with Gasteiger partial charge in [-0.1, -0.05) is 23.9 Å². The second-order valence-electron chi connectivity index (χ2n) is 2.59. The van der Waals surface area contributed by atoms with Gasteiger partial charge in [0.25, 0.3) is 0 Å². The van der Waals surface area contributed by atoms with Crippen molar-refractivity contribution in [3.63, 3.8) is 0 Å². The Kier molecular flexibility index (Phi) is 4.32. The third kappa shape index (κ3) is 3.70. The highest BCUT2D eigenvalue weighted by molar-refractivity contribution is 8.13. The molecule has 1 rings (SSSR count). The van der Waals surface area contributed by atoms with Crippen molar-refractivity contribution in [1.82, 2.24) is 4.98 Å². The molecule has 0 amide bonds. The van der Waals surface area contributed by atoms with Crippen LogP contribution in [0.25, 0.3) is 6.08 Å². The third-order valence-corrected chi connectivity index (χ3v) is 2.23. The lowest BCUT2D eigenvalue weighted by molar-refractivity contribution is -0.109. The number of nitrogens with zero attached hydrogens (tertiary/aromatic N) is 1. The molecule has 4 heteroatoms. The predicted molar refractivity (Wildman–Crippen MR) is 56.4 cm³/mol. The van der Waals surface area contributed by atoms with Crippen LogP contribution in [0, 0.1) is 5.95 Å². The van der Waals surface area contributed by atoms with E-state index in [9.17, 15) is 9.18 Å². The van der Waals surface area contributed by atoms with Gasteiger partial charge in [-0.25, -0.2) is 4.98 Å². The Bertz CT molecular complexity index is 352. The summed E-state index contributed by atoms with van der Waals surface area (Å²) in [7, 11) is 0. The maximum absolute atomic E-state index is 12.9. The molecule has 0 aliphatic heterocycles. The molecule has 0 atom stereocenters. The molecule has 0 radical (unpaired) electrons. The van der Waals surface area contributed by atoms with Gasteiger partial charge in [0.15, 0.2) is 5.12 Å². The molecule has 2 nitrogen and oxygen atoms in total. The van der Waals surface area contributed by atoms with Crippen molar-refractivity contribution in [3.8, 4) is 0 Å². The minimum atomic E-state index is -0.489. The van der Waals surface area contributed by atoms with E-state index in [1.165, 1.54) is 24.9 Å². The maximum Gasteiger partial charge on any atom is 0.220 e. The molecular formula is C10H10FNOS. The minimum Gasteiger partial charge on any atom is -0.288 e. The van der Waals surface area contributed by atoms with E-state index in [1.54, 1.807) is 24.3 Å². The quantitative estimate of drug-likeness (QED) is 0.719. The van der Waals surface area contributed by atoms with E-state index in [0.29, 0.717) is 11.3 Å². The van der Waals surface area contributed by atoms with Crippen molar-refractivity contribution in [2.24, 2.45) is 0 Å². The molecule has 1 heterocycles. The van der Waals surface area contributed by atoms with Crippen LogP contribution in [0.3, 0.4) is 0 Å². The molecule has 0 unspecified atom stereocenters. The highest BCUT2D eigenvalue weighted by Gasteiger charge is 1.96. The first-order valence-electron chi connectivity index (χ1n) is 4.10. The molecule has 0 saturated heterocycles. The standard InChI is InChI=1S/C10H10FNOS/c1-8(13)14-7-3-5-9-4-2-6-12-10(9)11/h2-6H,7H2,1H3. The number of carbonyl (C=O) groups excluding carboxylic acids is 1. The van der Waals surface area contributed by atoms with Crippen molar-refractivity contribution in [3.05, 3.63) is 35.9 Å². The topological polar surface area (TPSA) is 30.0 Å². The first kappa shape index (κ1) is 10.9. The summed E-state index contributed by atoms with van der Waals surface area (Å²) in [5.74, 6) is 0.0699. The summed E-state index contributed by atoms with van der Waals surface area (Å²) in [5, 5.41) is 0.0568. The Morgan fingerprint density at radius 1 is 1.71 bits per heavy atom. The molecule has 0 aliphatic rings. The van der Waals surface area contributed by atoms with E-state index in [1.807, 2.05) is 0 Å². The number of hydrogen-bond donors (Lipinski definition) is 0. The van der Waals surface area contributed by atoms with Crippen LogP contribution in [0.1, 0.15) is 12.5 Å². The van der Waals surface area contributed by atoms with Gasteiger partial charge in [-0.2, -0.15) is 4.39 Å². The zero-order valence-electron chi connectivity index (χ0n) is 7.74. The lowest BCUT2D eigenvalue weighted by atomic mass is 10.2. The molecule has 0 aliphatic carbocycles. The van der Waals surface area contributed by atoms with Gasteiger partial charge in [-0.15, -0.1) is 0 Å². The van der Waals surface area contributed by atoms with Crippen LogP contribution in [0.2, 0.25) is 0 Å². The van der Waals surface area contributed by atoms with E-state index in [0.717, 1.165) is 0 Å². The molecule has 0 bridgehead atoms. The maximum atomic E-state index is 12.9. The van der Waals surface area contributed by atoms with Crippen LogP contribution in [-0.4, -0.2) is 15.9 Å². The van der Waals surface area contributed by atoms with Crippen molar-refractivity contribution < 1.29 is 9.18 Å². The fraction of sp³-hybridized carbons (Fsp3) is 0.200. The predicted octanol–water partition coefficient (Wildman–Crippen LogP) is 2.51. The van der Waals surface area contributed by atoms with E-state index < -0.39 is 5.95 Å². The number of rotatable bonds is 3. The fourth-order valence-corrected chi connectivity index (χ4v) is 1.29. The Balaban J connectivity index is 2.52. The summed E-state index contributed by atoms with van der Waals surface area (Å²) in [4.78, 5) is 14.1. The molecule has 1 aromatic rings. The van der Waals surface area contributed by atoms with Crippen molar-refractivity contribution >= 4 is 23.0 Å². The Morgan fingerprint density at radius 2 is 2.50 bits per heavy atom. The normalized spacial score (nSPS) is 10.7. The van der Waals surface area contributed by atoms with Gasteiger partial charge >= 0.3 is 0 Å². The summed E-state index contributed by atoms with van der Waals surface area (Å²) in [6.45, 7) is 1.50. The van der Waals surface area contributed by atoms with Gasteiger partial charge in [0, 0.05) is 24.4 Å². The molecule has 0 spiro atoms. The number of thioether (sulfide) groups is 1. The SMILES string of the molecule is CC(=O)SCC=Cc1cccnc1F. The van der Waals surface area contributed by atoms with Crippen molar-refractivity contribution in [2.45, 2.75) is 6.92 Å². The first-order valence-corrected chi connectivity index (χ1v) is 5.09. The van der Waals surface area contributed by atoms with E-state index in [2.05, 4.69) is 4.98 Å². The molecule has 1 aromatic heterocycles. The van der Waals surface area contributed by atoms with Crippen LogP contribution >= 0.6 is 11.8 Å². The molecule has 0 N–H and O–H groups in total. The lowest BCUT2D eigenvalue weighted by Crippen LogP contribution is -1.86. The summed E-state index contributed by atoms with van der Waals surface area (Å²) in [5.41, 5.74) is 0.441. The van der Waals surface area contributed by atoms with Gasteiger partial charge in [-0.05, 0) is 12.1 Å². The number of halogens is 1. The van der Waals surface area contributed by atoms with Gasteiger partial charge in [0.1, 0.15) is 0 Å². The molecule has 0 aromatic carbocycles. The van der Waals surface area contributed by atoms with Gasteiger partial charge in [-0.3, -0.25) is 4.79 Å². The highest BCUT2D eigenvalue weighted by atomic mass is 32.2. The number of hydrogen-bond acceptors (Lipinski definition) is 3. The van der Waals surface area contributed by atoms with Gasteiger partial charge < -0.3 is 0 Å². The minimum absolute atomic E-state index is 0.0568. The lowest BCUT2D eigenvalue weighted by Gasteiger charge is -1.93. The zero-order chi connectivity index (χ0) is 10.4. The Morgan fingerprint density at radius 3 is 3.14 bits per heavy atom. The zero-order valence-corrected chi connectivity index (χ0v) is 8.55. The van der Waals surface area contributed by atoms with Gasteiger partial charge in [0.2, 0.25) is 5.95 Å². The molecule has 0 fully saturated rings. The molecule has 0 saturated carbocycles. The fourth-order valence-electron chi connectivity index (χ4n) is 0.863. The number of pyridine rings is 1. The monoisotopic (exact) mass is 211 g/mol. The average Bonchev–Trinajstić information content (AvgIpc) is 2.15. The van der Waals surface area contributed by atoms with E-state index in [-0.39, 0.29) is 5.12 Å². The smallest absolute Gasteiger partial charge is 0.220 e. The van der Waals surface area contributed by atoms with Crippen LogP contribution < -0.4 is 0 Å². The second kappa shape index (κ2) is 5.54. The largest absolute Gasteiger partial charge is 0.288 e. The Labute approximate surface area is 86.2 Å².